The van der Waals surface area contributed by atoms with Crippen molar-refractivity contribution in [2.24, 2.45) is 0 Å². The number of rotatable bonds is 7. The van der Waals surface area contributed by atoms with E-state index in [1.54, 1.807) is 59.4 Å². The summed E-state index contributed by atoms with van der Waals surface area (Å²) in [5.74, 6) is 1.66. The van der Waals surface area contributed by atoms with Gasteiger partial charge in [0.15, 0.2) is 0 Å². The lowest BCUT2D eigenvalue weighted by Crippen LogP contribution is -2.44. The number of aromatic nitrogens is 2. The third-order valence-electron chi connectivity index (χ3n) is 4.12. The molecule has 0 spiro atoms. The molecule has 0 radical (unpaired) electrons. The fourth-order valence-corrected chi connectivity index (χ4v) is 3.83. The normalized spacial score (nSPS) is 16.2. The number of amides is 2. The predicted octanol–water partition coefficient (Wildman–Crippen LogP) is 3.30. The van der Waals surface area contributed by atoms with E-state index < -0.39 is 6.04 Å². The van der Waals surface area contributed by atoms with Crippen molar-refractivity contribution < 1.29 is 14.3 Å². The minimum atomic E-state index is -0.423. The van der Waals surface area contributed by atoms with Crippen molar-refractivity contribution in [1.29, 1.82) is 0 Å². The van der Waals surface area contributed by atoms with Gasteiger partial charge < -0.3 is 15.0 Å². The molecule has 1 fully saturated rings. The van der Waals surface area contributed by atoms with Gasteiger partial charge in [0.05, 0.1) is 5.88 Å². The second-order valence-corrected chi connectivity index (χ2v) is 7.13. The Morgan fingerprint density at radius 3 is 2.70 bits per heavy atom. The largest absolute Gasteiger partial charge is 0.424 e. The predicted molar refractivity (Wildman–Crippen MR) is 105 cm³/mol. The highest BCUT2D eigenvalue weighted by Crippen LogP contribution is 2.24. The summed E-state index contributed by atoms with van der Waals surface area (Å²) in [6.45, 7) is 2.05. The summed E-state index contributed by atoms with van der Waals surface area (Å²) in [6, 6.07) is 8.53. The highest BCUT2D eigenvalue weighted by atomic mass is 32.2. The van der Waals surface area contributed by atoms with Crippen LogP contribution in [0.1, 0.15) is 26.2 Å². The highest BCUT2D eigenvalue weighted by Gasteiger charge is 2.34. The first-order valence-electron chi connectivity index (χ1n) is 8.90. The van der Waals surface area contributed by atoms with Crippen molar-refractivity contribution in [2.45, 2.75) is 32.2 Å². The van der Waals surface area contributed by atoms with E-state index in [9.17, 15) is 9.59 Å². The van der Waals surface area contributed by atoms with Crippen molar-refractivity contribution in [2.75, 3.05) is 16.9 Å². The molecule has 0 aliphatic carbocycles. The lowest BCUT2D eigenvalue weighted by molar-refractivity contribution is -0.136. The van der Waals surface area contributed by atoms with Crippen LogP contribution in [-0.4, -0.2) is 44.4 Å². The fourth-order valence-electron chi connectivity index (χ4n) is 2.65. The van der Waals surface area contributed by atoms with Gasteiger partial charge in [0.1, 0.15) is 11.8 Å². The number of unbranched alkanes of at least 4 members (excludes halogenated alkanes) is 1. The molecule has 1 atom stereocenters. The van der Waals surface area contributed by atoms with Crippen LogP contribution in [0.25, 0.3) is 0 Å². The molecule has 1 N–H and O–H groups in total. The SMILES string of the molecule is CCCCC(=O)N1CSCC1C(=O)Nc1ccc(Oc2ncccn2)cc1. The molecule has 7 nitrogen and oxygen atoms in total. The lowest BCUT2D eigenvalue weighted by Gasteiger charge is -2.23. The van der Waals surface area contributed by atoms with Crippen LogP contribution in [0.4, 0.5) is 5.69 Å². The van der Waals surface area contributed by atoms with Crippen LogP contribution in [0, 0.1) is 0 Å². The number of hydrogen-bond acceptors (Lipinski definition) is 6. The van der Waals surface area contributed by atoms with Crippen molar-refractivity contribution in [3.8, 4) is 11.8 Å². The topological polar surface area (TPSA) is 84.4 Å². The minimum Gasteiger partial charge on any atom is -0.424 e. The van der Waals surface area contributed by atoms with Crippen LogP contribution in [-0.2, 0) is 9.59 Å². The Balaban J connectivity index is 1.58. The first kappa shape index (κ1) is 19.2. The van der Waals surface area contributed by atoms with Crippen LogP contribution in [0.2, 0.25) is 0 Å². The monoisotopic (exact) mass is 386 g/mol. The molecule has 27 heavy (non-hydrogen) atoms. The Labute approximate surface area is 162 Å². The zero-order valence-corrected chi connectivity index (χ0v) is 15.9. The van der Waals surface area contributed by atoms with Gasteiger partial charge in [-0.15, -0.1) is 11.8 Å². The van der Waals surface area contributed by atoms with Gasteiger partial charge in [0, 0.05) is 30.3 Å². The summed E-state index contributed by atoms with van der Waals surface area (Å²) in [4.78, 5) is 34.6. The molecular formula is C19H22N4O3S. The summed E-state index contributed by atoms with van der Waals surface area (Å²) in [7, 11) is 0. The number of anilines is 1. The van der Waals surface area contributed by atoms with E-state index in [4.69, 9.17) is 4.74 Å². The molecule has 1 aliphatic heterocycles. The zero-order valence-electron chi connectivity index (χ0n) is 15.1. The summed E-state index contributed by atoms with van der Waals surface area (Å²) in [5.41, 5.74) is 0.652. The van der Waals surface area contributed by atoms with E-state index in [1.165, 1.54) is 0 Å². The first-order chi connectivity index (χ1) is 13.2. The van der Waals surface area contributed by atoms with Crippen molar-refractivity contribution in [1.82, 2.24) is 14.9 Å². The Bertz CT molecular complexity index is 770. The summed E-state index contributed by atoms with van der Waals surface area (Å²) < 4.78 is 5.53. The number of ether oxygens (including phenoxy) is 1. The molecule has 2 heterocycles. The quantitative estimate of drug-likeness (QED) is 0.786. The van der Waals surface area contributed by atoms with Gasteiger partial charge in [-0.3, -0.25) is 9.59 Å². The molecule has 142 valence electrons. The molecule has 3 rings (SSSR count). The Hall–Kier alpha value is -2.61. The molecular weight excluding hydrogens is 364 g/mol. The molecule has 2 aromatic rings. The molecule has 0 bridgehead atoms. The van der Waals surface area contributed by atoms with Gasteiger partial charge in [-0.2, -0.15) is 0 Å². The van der Waals surface area contributed by atoms with Gasteiger partial charge in [0.2, 0.25) is 11.8 Å². The number of nitrogens with zero attached hydrogens (tertiary/aromatic N) is 3. The second kappa shape index (κ2) is 9.36. The van der Waals surface area contributed by atoms with E-state index in [0.717, 1.165) is 12.8 Å². The average molecular weight is 386 g/mol. The maximum atomic E-state index is 12.6. The van der Waals surface area contributed by atoms with Gasteiger partial charge in [0.25, 0.3) is 0 Å². The number of carbonyl (C=O) groups is 2. The summed E-state index contributed by atoms with van der Waals surface area (Å²) in [6.07, 6.45) is 5.51. The van der Waals surface area contributed by atoms with Gasteiger partial charge in [-0.25, -0.2) is 9.97 Å². The standard InChI is InChI=1S/C19H22N4O3S/c1-2-3-5-17(24)23-13-27-12-16(23)18(25)22-14-6-8-15(9-7-14)26-19-20-10-4-11-21-19/h4,6-11,16H,2-3,5,12-13H2,1H3,(H,22,25). The minimum absolute atomic E-state index is 0.0496. The third-order valence-corrected chi connectivity index (χ3v) is 5.13. The number of carbonyl (C=O) groups excluding carboxylic acids is 2. The van der Waals surface area contributed by atoms with Crippen LogP contribution in [0.3, 0.4) is 0 Å². The summed E-state index contributed by atoms with van der Waals surface area (Å²) in [5, 5.41) is 2.88. The Morgan fingerprint density at radius 1 is 1.26 bits per heavy atom. The van der Waals surface area contributed by atoms with E-state index in [1.807, 2.05) is 6.92 Å². The second-order valence-electron chi connectivity index (χ2n) is 6.13. The van der Waals surface area contributed by atoms with E-state index in [2.05, 4.69) is 15.3 Å². The fraction of sp³-hybridized carbons (Fsp3) is 0.368. The third kappa shape index (κ3) is 5.19. The van der Waals surface area contributed by atoms with E-state index in [0.29, 0.717) is 29.5 Å². The molecule has 1 aromatic carbocycles. The maximum Gasteiger partial charge on any atom is 0.321 e. The van der Waals surface area contributed by atoms with Crippen molar-refractivity contribution in [3.63, 3.8) is 0 Å². The Morgan fingerprint density at radius 2 is 2.00 bits per heavy atom. The maximum absolute atomic E-state index is 12.6. The molecule has 1 saturated heterocycles. The van der Waals surface area contributed by atoms with Crippen LogP contribution >= 0.6 is 11.8 Å². The van der Waals surface area contributed by atoms with Crippen LogP contribution in [0.15, 0.2) is 42.7 Å². The Kier molecular flexibility index (Phi) is 6.64. The highest BCUT2D eigenvalue weighted by molar-refractivity contribution is 7.99. The molecule has 8 heteroatoms. The van der Waals surface area contributed by atoms with E-state index >= 15 is 0 Å². The lowest BCUT2D eigenvalue weighted by atomic mass is 10.2. The molecule has 1 aromatic heterocycles. The van der Waals surface area contributed by atoms with Gasteiger partial charge >= 0.3 is 6.01 Å². The average Bonchev–Trinajstić information content (AvgIpc) is 3.18. The van der Waals surface area contributed by atoms with Gasteiger partial charge in [-0.1, -0.05) is 13.3 Å². The number of thioether (sulfide) groups is 1. The van der Waals surface area contributed by atoms with Crippen LogP contribution in [0.5, 0.6) is 11.8 Å². The number of benzene rings is 1. The van der Waals surface area contributed by atoms with E-state index in [-0.39, 0.29) is 17.8 Å². The molecule has 1 unspecified atom stereocenters. The number of hydrogen-bond donors (Lipinski definition) is 1. The first-order valence-corrected chi connectivity index (χ1v) is 10.1. The van der Waals surface area contributed by atoms with Crippen molar-refractivity contribution in [3.05, 3.63) is 42.7 Å². The zero-order chi connectivity index (χ0) is 19.1. The van der Waals surface area contributed by atoms with Gasteiger partial charge in [-0.05, 0) is 36.8 Å². The van der Waals surface area contributed by atoms with Crippen molar-refractivity contribution >= 4 is 29.3 Å². The summed E-state index contributed by atoms with van der Waals surface area (Å²) >= 11 is 1.61. The molecule has 1 aliphatic rings. The number of nitrogens with one attached hydrogen (secondary N) is 1. The van der Waals surface area contributed by atoms with Crippen LogP contribution < -0.4 is 10.1 Å². The molecule has 0 saturated carbocycles. The smallest absolute Gasteiger partial charge is 0.321 e. The molecule has 2 amide bonds.